The van der Waals surface area contributed by atoms with Gasteiger partial charge in [0.05, 0.1) is 0 Å². The zero-order valence-electron chi connectivity index (χ0n) is 13.7. The molecule has 0 saturated carbocycles. The Balaban J connectivity index is 2.14. The van der Waals surface area contributed by atoms with E-state index in [0.29, 0.717) is 12.4 Å². The number of carboxylic acids is 1. The second-order valence-electron chi connectivity index (χ2n) is 5.37. The summed E-state index contributed by atoms with van der Waals surface area (Å²) < 4.78 is 5.70. The molecule has 4 heteroatoms. The van der Waals surface area contributed by atoms with Gasteiger partial charge in [-0.2, -0.15) is 0 Å². The number of carboxylic acid groups (broad SMARTS) is 1. The van der Waals surface area contributed by atoms with Crippen molar-refractivity contribution in [1.29, 1.82) is 0 Å². The lowest BCUT2D eigenvalue weighted by molar-refractivity contribution is 0.0691. The van der Waals surface area contributed by atoms with Crippen LogP contribution >= 0.6 is 0 Å². The van der Waals surface area contributed by atoms with E-state index in [1.54, 1.807) is 12.1 Å². The van der Waals surface area contributed by atoms with Gasteiger partial charge < -0.3 is 9.84 Å². The lowest BCUT2D eigenvalue weighted by atomic mass is 10.1. The first-order valence-corrected chi connectivity index (χ1v) is 7.89. The Morgan fingerprint density at radius 1 is 1.04 bits per heavy atom. The number of ether oxygens (including phenoxy) is 1. The highest BCUT2D eigenvalue weighted by Crippen LogP contribution is 2.22. The molecule has 0 fully saturated rings. The average Bonchev–Trinajstić information content (AvgIpc) is 2.59. The van der Waals surface area contributed by atoms with Crippen molar-refractivity contribution >= 4 is 5.97 Å². The Morgan fingerprint density at radius 2 is 1.74 bits per heavy atom. The van der Waals surface area contributed by atoms with Gasteiger partial charge in [-0.1, -0.05) is 50.2 Å². The summed E-state index contributed by atoms with van der Waals surface area (Å²) in [5.41, 5.74) is 2.21. The third kappa shape index (κ3) is 4.83. The number of hydrogen-bond acceptors (Lipinski definition) is 3. The van der Waals surface area contributed by atoms with E-state index in [-0.39, 0.29) is 5.56 Å². The first kappa shape index (κ1) is 17.0. The zero-order chi connectivity index (χ0) is 16.7. The van der Waals surface area contributed by atoms with Gasteiger partial charge in [0.1, 0.15) is 17.9 Å². The van der Waals surface area contributed by atoms with Gasteiger partial charge in [0.2, 0.25) is 0 Å². The van der Waals surface area contributed by atoms with E-state index < -0.39 is 5.97 Å². The van der Waals surface area contributed by atoms with Crippen LogP contribution in [-0.2, 0) is 13.2 Å². The Labute approximate surface area is 137 Å². The maximum atomic E-state index is 11.5. The van der Waals surface area contributed by atoms with E-state index >= 15 is 0 Å². The van der Waals surface area contributed by atoms with Crippen LogP contribution < -0.4 is 4.74 Å². The fourth-order valence-electron chi connectivity index (χ4n) is 2.41. The molecule has 0 aliphatic rings. The fourth-order valence-corrected chi connectivity index (χ4v) is 2.41. The lowest BCUT2D eigenvalue weighted by Crippen LogP contribution is -2.22. The summed E-state index contributed by atoms with van der Waals surface area (Å²) in [6.07, 6.45) is 0. The summed E-state index contributed by atoms with van der Waals surface area (Å²) >= 11 is 0. The maximum absolute atomic E-state index is 11.5. The molecule has 2 aromatic carbocycles. The molecular weight excluding hydrogens is 290 g/mol. The highest BCUT2D eigenvalue weighted by Gasteiger charge is 2.13. The molecule has 122 valence electrons. The van der Waals surface area contributed by atoms with Crippen molar-refractivity contribution in [3.63, 3.8) is 0 Å². The van der Waals surface area contributed by atoms with Gasteiger partial charge in [-0.15, -0.1) is 0 Å². The average molecular weight is 313 g/mol. The van der Waals surface area contributed by atoms with E-state index in [9.17, 15) is 9.90 Å². The molecular formula is C19H23NO3. The summed E-state index contributed by atoms with van der Waals surface area (Å²) in [5, 5.41) is 9.44. The second-order valence-corrected chi connectivity index (χ2v) is 5.37. The van der Waals surface area contributed by atoms with Crippen LogP contribution in [0.1, 0.15) is 35.3 Å². The minimum absolute atomic E-state index is 0.214. The smallest absolute Gasteiger partial charge is 0.339 e. The van der Waals surface area contributed by atoms with Crippen molar-refractivity contribution in [2.45, 2.75) is 27.0 Å². The van der Waals surface area contributed by atoms with E-state index in [0.717, 1.165) is 30.8 Å². The molecule has 0 amide bonds. The molecule has 4 nitrogen and oxygen atoms in total. The van der Waals surface area contributed by atoms with E-state index in [1.807, 2.05) is 36.4 Å². The van der Waals surface area contributed by atoms with Gasteiger partial charge in [-0.25, -0.2) is 4.79 Å². The van der Waals surface area contributed by atoms with Crippen molar-refractivity contribution in [1.82, 2.24) is 4.90 Å². The van der Waals surface area contributed by atoms with Crippen molar-refractivity contribution in [2.75, 3.05) is 13.1 Å². The van der Waals surface area contributed by atoms with Gasteiger partial charge in [-0.3, -0.25) is 4.90 Å². The molecule has 0 saturated heterocycles. The van der Waals surface area contributed by atoms with Crippen molar-refractivity contribution in [3.8, 4) is 5.75 Å². The number of rotatable bonds is 8. The van der Waals surface area contributed by atoms with Gasteiger partial charge in [-0.05, 0) is 36.3 Å². The monoisotopic (exact) mass is 313 g/mol. The molecule has 0 spiro atoms. The first-order valence-electron chi connectivity index (χ1n) is 7.89. The summed E-state index contributed by atoms with van der Waals surface area (Å²) in [4.78, 5) is 13.8. The standard InChI is InChI=1S/C19H23NO3/c1-3-20(4-2)13-16-10-11-18(17(12-16)19(21)22)23-14-15-8-6-5-7-9-15/h5-12H,3-4,13-14H2,1-2H3,(H,21,22). The number of hydrogen-bond donors (Lipinski definition) is 1. The molecule has 0 heterocycles. The Bertz CT molecular complexity index is 636. The highest BCUT2D eigenvalue weighted by molar-refractivity contribution is 5.91. The number of carbonyl (C=O) groups is 1. The van der Waals surface area contributed by atoms with Gasteiger partial charge in [0.15, 0.2) is 0 Å². The van der Waals surface area contributed by atoms with Crippen molar-refractivity contribution in [2.24, 2.45) is 0 Å². The molecule has 0 aromatic heterocycles. The summed E-state index contributed by atoms with van der Waals surface area (Å²) in [7, 11) is 0. The van der Waals surface area contributed by atoms with Crippen LogP contribution in [0.25, 0.3) is 0 Å². The largest absolute Gasteiger partial charge is 0.488 e. The number of nitrogens with zero attached hydrogens (tertiary/aromatic N) is 1. The van der Waals surface area contributed by atoms with Crippen molar-refractivity contribution < 1.29 is 14.6 Å². The second kappa shape index (κ2) is 8.34. The van der Waals surface area contributed by atoms with Crippen LogP contribution in [0, 0.1) is 0 Å². The number of aromatic carboxylic acids is 1. The molecule has 0 aliphatic heterocycles. The Kier molecular flexibility index (Phi) is 6.18. The van der Waals surface area contributed by atoms with Gasteiger partial charge in [0, 0.05) is 6.54 Å². The molecule has 0 unspecified atom stereocenters. The predicted octanol–water partition coefficient (Wildman–Crippen LogP) is 3.81. The topological polar surface area (TPSA) is 49.8 Å². The van der Waals surface area contributed by atoms with Gasteiger partial charge in [0.25, 0.3) is 0 Å². The summed E-state index contributed by atoms with van der Waals surface area (Å²) in [5.74, 6) is -0.556. The lowest BCUT2D eigenvalue weighted by Gasteiger charge is -2.19. The molecule has 23 heavy (non-hydrogen) atoms. The SMILES string of the molecule is CCN(CC)Cc1ccc(OCc2ccccc2)c(C(=O)O)c1. The highest BCUT2D eigenvalue weighted by atomic mass is 16.5. The molecule has 0 aliphatic carbocycles. The molecule has 0 radical (unpaired) electrons. The summed E-state index contributed by atoms with van der Waals surface area (Å²) in [6, 6.07) is 15.1. The molecule has 0 bridgehead atoms. The minimum Gasteiger partial charge on any atom is -0.488 e. The third-order valence-corrected chi connectivity index (χ3v) is 3.81. The quantitative estimate of drug-likeness (QED) is 0.805. The minimum atomic E-state index is -0.963. The maximum Gasteiger partial charge on any atom is 0.339 e. The Morgan fingerprint density at radius 3 is 2.35 bits per heavy atom. The van der Waals surface area contributed by atoms with E-state index in [1.165, 1.54) is 0 Å². The molecule has 2 rings (SSSR count). The Hall–Kier alpha value is -2.33. The van der Waals surface area contributed by atoms with Crippen LogP contribution in [0.15, 0.2) is 48.5 Å². The van der Waals surface area contributed by atoms with E-state index in [2.05, 4.69) is 18.7 Å². The fraction of sp³-hybridized carbons (Fsp3) is 0.316. The van der Waals surface area contributed by atoms with E-state index in [4.69, 9.17) is 4.74 Å². The van der Waals surface area contributed by atoms with Crippen LogP contribution in [0.5, 0.6) is 5.75 Å². The van der Waals surface area contributed by atoms with Gasteiger partial charge >= 0.3 is 5.97 Å². The third-order valence-electron chi connectivity index (χ3n) is 3.81. The molecule has 2 aromatic rings. The molecule has 1 N–H and O–H groups in total. The molecule has 0 atom stereocenters. The van der Waals surface area contributed by atoms with Crippen LogP contribution in [0.4, 0.5) is 0 Å². The first-order chi connectivity index (χ1) is 11.1. The van der Waals surface area contributed by atoms with Crippen LogP contribution in [0.3, 0.4) is 0 Å². The van der Waals surface area contributed by atoms with Crippen LogP contribution in [0.2, 0.25) is 0 Å². The normalized spacial score (nSPS) is 10.7. The van der Waals surface area contributed by atoms with Crippen molar-refractivity contribution in [3.05, 3.63) is 65.2 Å². The zero-order valence-corrected chi connectivity index (χ0v) is 13.7. The summed E-state index contributed by atoms with van der Waals surface area (Å²) in [6.45, 7) is 7.16. The van der Waals surface area contributed by atoms with Crippen LogP contribution in [-0.4, -0.2) is 29.1 Å². The number of benzene rings is 2. The predicted molar refractivity (Wildman–Crippen MR) is 90.8 cm³/mol.